The molecular formula is C22H28N4O3. The van der Waals surface area contributed by atoms with Gasteiger partial charge in [0.2, 0.25) is 5.91 Å². The van der Waals surface area contributed by atoms with Crippen LogP contribution in [-0.4, -0.2) is 62.9 Å². The summed E-state index contributed by atoms with van der Waals surface area (Å²) in [6.45, 7) is 2.71. The van der Waals surface area contributed by atoms with Crippen molar-refractivity contribution in [3.05, 3.63) is 54.1 Å². The lowest BCUT2D eigenvalue weighted by atomic mass is 9.72. The third kappa shape index (κ3) is 4.34. The standard InChI is InChI=1S/C22H28N4O3/c27-19-6-8-22(15-26(19)11-7-18-14-23-16-24-18)9-12-25(13-10-22)21(29)20(28)17-4-2-1-3-5-17/h1-5,14,16,20,28H,6-13,15H2,(H,23,24)/t20-/m0/s1. The summed E-state index contributed by atoms with van der Waals surface area (Å²) >= 11 is 0. The minimum atomic E-state index is -1.11. The summed E-state index contributed by atoms with van der Waals surface area (Å²) in [5, 5.41) is 10.4. The van der Waals surface area contributed by atoms with Crippen LogP contribution in [0, 0.1) is 5.41 Å². The molecule has 7 nitrogen and oxygen atoms in total. The fourth-order valence-electron chi connectivity index (χ4n) is 4.54. The van der Waals surface area contributed by atoms with E-state index in [0.717, 1.165) is 37.9 Å². The van der Waals surface area contributed by atoms with Crippen molar-refractivity contribution in [1.29, 1.82) is 0 Å². The first-order valence-corrected chi connectivity index (χ1v) is 10.3. The molecule has 7 heteroatoms. The topological polar surface area (TPSA) is 89.5 Å². The molecule has 154 valence electrons. The van der Waals surface area contributed by atoms with Crippen LogP contribution in [0.15, 0.2) is 42.9 Å². The summed E-state index contributed by atoms with van der Waals surface area (Å²) in [6, 6.07) is 9.08. The zero-order valence-electron chi connectivity index (χ0n) is 16.6. The fraction of sp³-hybridized carbons (Fsp3) is 0.500. The van der Waals surface area contributed by atoms with Crippen molar-refractivity contribution in [3.63, 3.8) is 0 Å². The number of carbonyl (C=O) groups is 2. The lowest BCUT2D eigenvalue weighted by Crippen LogP contribution is -2.53. The highest BCUT2D eigenvalue weighted by Gasteiger charge is 2.42. The number of hydrogen-bond acceptors (Lipinski definition) is 4. The van der Waals surface area contributed by atoms with Gasteiger partial charge in [-0.1, -0.05) is 30.3 Å². The SMILES string of the molecule is O=C1CCC2(CCN(C(=O)[C@@H](O)c3ccccc3)CC2)CN1CCc1cnc[nH]1. The first-order chi connectivity index (χ1) is 14.1. The number of hydrogen-bond donors (Lipinski definition) is 2. The van der Waals surface area contributed by atoms with Crippen LogP contribution in [0.5, 0.6) is 0 Å². The minimum absolute atomic E-state index is 0.0797. The Morgan fingerprint density at radius 1 is 1.21 bits per heavy atom. The molecule has 0 aliphatic carbocycles. The molecular weight excluding hydrogens is 368 g/mol. The summed E-state index contributed by atoms with van der Waals surface area (Å²) in [4.78, 5) is 36.0. The molecule has 0 radical (unpaired) electrons. The molecule has 2 N–H and O–H groups in total. The molecule has 0 unspecified atom stereocenters. The molecule has 1 spiro atoms. The highest BCUT2D eigenvalue weighted by atomic mass is 16.3. The van der Waals surface area contributed by atoms with E-state index in [0.29, 0.717) is 31.6 Å². The number of aliphatic hydroxyl groups excluding tert-OH is 1. The predicted octanol–water partition coefficient (Wildman–Crippen LogP) is 1.92. The number of nitrogens with zero attached hydrogens (tertiary/aromatic N) is 3. The Morgan fingerprint density at radius 3 is 2.66 bits per heavy atom. The summed E-state index contributed by atoms with van der Waals surface area (Å²) < 4.78 is 0. The molecule has 1 aromatic carbocycles. The van der Waals surface area contributed by atoms with Gasteiger partial charge in [-0.3, -0.25) is 9.59 Å². The quantitative estimate of drug-likeness (QED) is 0.808. The van der Waals surface area contributed by atoms with Crippen LogP contribution < -0.4 is 0 Å². The normalized spacial score (nSPS) is 20.1. The van der Waals surface area contributed by atoms with E-state index in [1.807, 2.05) is 23.1 Å². The van der Waals surface area contributed by atoms with Crippen LogP contribution >= 0.6 is 0 Å². The molecule has 2 aliphatic rings. The molecule has 0 saturated carbocycles. The van der Waals surface area contributed by atoms with E-state index < -0.39 is 6.10 Å². The van der Waals surface area contributed by atoms with E-state index in [9.17, 15) is 14.7 Å². The fourth-order valence-corrected chi connectivity index (χ4v) is 4.54. The van der Waals surface area contributed by atoms with Gasteiger partial charge < -0.3 is 19.9 Å². The van der Waals surface area contributed by atoms with Crippen LogP contribution in [0.25, 0.3) is 0 Å². The maximum atomic E-state index is 12.7. The third-order valence-corrected chi connectivity index (χ3v) is 6.44. The van der Waals surface area contributed by atoms with Crippen LogP contribution in [0.4, 0.5) is 0 Å². The second kappa shape index (κ2) is 8.37. The zero-order valence-corrected chi connectivity index (χ0v) is 16.6. The summed E-state index contributed by atoms with van der Waals surface area (Å²) in [5.74, 6) is -0.0119. The van der Waals surface area contributed by atoms with Gasteiger partial charge in [0.25, 0.3) is 5.91 Å². The lowest BCUT2D eigenvalue weighted by Gasteiger charge is -2.47. The maximum Gasteiger partial charge on any atom is 0.256 e. The molecule has 2 aliphatic heterocycles. The van der Waals surface area contributed by atoms with Gasteiger partial charge in [-0.15, -0.1) is 0 Å². The maximum absolute atomic E-state index is 12.7. The third-order valence-electron chi connectivity index (χ3n) is 6.44. The van der Waals surface area contributed by atoms with Crippen molar-refractivity contribution in [2.75, 3.05) is 26.2 Å². The molecule has 1 atom stereocenters. The van der Waals surface area contributed by atoms with Gasteiger partial charge in [-0.25, -0.2) is 4.98 Å². The number of aliphatic hydroxyl groups is 1. The first kappa shape index (κ1) is 19.6. The van der Waals surface area contributed by atoms with Gasteiger partial charge in [-0.05, 0) is 30.2 Å². The number of amides is 2. The highest BCUT2D eigenvalue weighted by Crippen LogP contribution is 2.40. The van der Waals surface area contributed by atoms with Gasteiger partial charge in [-0.2, -0.15) is 0 Å². The van der Waals surface area contributed by atoms with Gasteiger partial charge >= 0.3 is 0 Å². The molecule has 2 amide bonds. The van der Waals surface area contributed by atoms with Gasteiger partial charge in [0.1, 0.15) is 0 Å². The number of likely N-dealkylation sites (tertiary alicyclic amines) is 2. The number of piperidine rings is 2. The summed E-state index contributed by atoms with van der Waals surface area (Å²) in [6.07, 6.45) is 6.32. The molecule has 2 fully saturated rings. The van der Waals surface area contributed by atoms with Crippen molar-refractivity contribution < 1.29 is 14.7 Å². The molecule has 29 heavy (non-hydrogen) atoms. The highest BCUT2D eigenvalue weighted by molar-refractivity contribution is 5.82. The summed E-state index contributed by atoms with van der Waals surface area (Å²) in [5.41, 5.74) is 1.75. The number of imidazole rings is 1. The number of benzene rings is 1. The minimum Gasteiger partial charge on any atom is -0.378 e. The van der Waals surface area contributed by atoms with E-state index >= 15 is 0 Å². The van der Waals surface area contributed by atoms with Gasteiger partial charge in [0, 0.05) is 50.9 Å². The van der Waals surface area contributed by atoms with Crippen molar-refractivity contribution in [3.8, 4) is 0 Å². The van der Waals surface area contributed by atoms with Crippen molar-refractivity contribution >= 4 is 11.8 Å². The van der Waals surface area contributed by atoms with E-state index in [2.05, 4.69) is 9.97 Å². The van der Waals surface area contributed by atoms with Gasteiger partial charge in [0.15, 0.2) is 6.10 Å². The van der Waals surface area contributed by atoms with Crippen molar-refractivity contribution in [1.82, 2.24) is 19.8 Å². The smallest absolute Gasteiger partial charge is 0.256 e. The van der Waals surface area contributed by atoms with Crippen LogP contribution in [0.1, 0.15) is 43.0 Å². The average Bonchev–Trinajstić information content (AvgIpc) is 3.28. The predicted molar refractivity (Wildman–Crippen MR) is 108 cm³/mol. The molecule has 2 saturated heterocycles. The van der Waals surface area contributed by atoms with Gasteiger partial charge in [0.05, 0.1) is 6.33 Å². The van der Waals surface area contributed by atoms with Crippen LogP contribution in [-0.2, 0) is 16.0 Å². The Balaban J connectivity index is 1.34. The van der Waals surface area contributed by atoms with E-state index in [4.69, 9.17) is 0 Å². The molecule has 1 aromatic heterocycles. The zero-order chi connectivity index (χ0) is 20.3. The number of rotatable bonds is 5. The Hall–Kier alpha value is -2.67. The number of nitrogens with one attached hydrogen (secondary N) is 1. The number of H-pyrrole nitrogens is 1. The largest absolute Gasteiger partial charge is 0.378 e. The summed E-state index contributed by atoms with van der Waals surface area (Å²) in [7, 11) is 0. The molecule has 0 bridgehead atoms. The Morgan fingerprint density at radius 2 is 1.97 bits per heavy atom. The molecule has 3 heterocycles. The lowest BCUT2D eigenvalue weighted by molar-refractivity contribution is -0.147. The van der Waals surface area contributed by atoms with E-state index in [-0.39, 0.29) is 17.2 Å². The average molecular weight is 396 g/mol. The second-order valence-electron chi connectivity index (χ2n) is 8.28. The van der Waals surface area contributed by atoms with Crippen molar-refractivity contribution in [2.24, 2.45) is 5.41 Å². The Kier molecular flexibility index (Phi) is 5.67. The number of carbonyl (C=O) groups excluding carboxylic acids is 2. The van der Waals surface area contributed by atoms with E-state index in [1.54, 1.807) is 29.6 Å². The number of aromatic nitrogens is 2. The van der Waals surface area contributed by atoms with Crippen LogP contribution in [0.2, 0.25) is 0 Å². The van der Waals surface area contributed by atoms with E-state index in [1.165, 1.54) is 0 Å². The van der Waals surface area contributed by atoms with Crippen molar-refractivity contribution in [2.45, 2.75) is 38.2 Å². The van der Waals surface area contributed by atoms with Crippen LogP contribution in [0.3, 0.4) is 0 Å². The Labute approximate surface area is 170 Å². The molecule has 4 rings (SSSR count). The molecule has 2 aromatic rings. The second-order valence-corrected chi connectivity index (χ2v) is 8.28. The first-order valence-electron chi connectivity index (χ1n) is 10.3. The monoisotopic (exact) mass is 396 g/mol. The Bertz CT molecular complexity index is 829. The number of aromatic amines is 1.